The first-order valence-electron chi connectivity index (χ1n) is 23.9. The molecule has 0 bridgehead atoms. The summed E-state index contributed by atoms with van der Waals surface area (Å²) in [6.07, 6.45) is 10.9. The molecule has 3 fully saturated rings. The Bertz CT molecular complexity index is 2310. The Labute approximate surface area is 399 Å². The maximum Gasteiger partial charge on any atom is 0.410 e. The summed E-state index contributed by atoms with van der Waals surface area (Å²) >= 11 is 6.29. The summed E-state index contributed by atoms with van der Waals surface area (Å²) in [5.74, 6) is 2.58. The van der Waals surface area contributed by atoms with Gasteiger partial charge in [0.05, 0.1) is 53.8 Å². The number of alkyl halides is 1. The van der Waals surface area contributed by atoms with Gasteiger partial charge < -0.3 is 39.1 Å². The van der Waals surface area contributed by atoms with Crippen molar-refractivity contribution in [2.75, 3.05) is 122 Å². The topological polar surface area (TPSA) is 169 Å². The van der Waals surface area contributed by atoms with Crippen LogP contribution in [0.5, 0.6) is 0 Å². The quantitative estimate of drug-likeness (QED) is 0.112. The molecule has 1 atom stereocenters. The number of terminal acetylenes is 1. The molecule has 6 heterocycles. The largest absolute Gasteiger partial charge is 0.445 e. The number of fused-ring (bicyclic) bond motifs is 3. The fourth-order valence-corrected chi connectivity index (χ4v) is 11.0. The number of ether oxygens (including phenoxy) is 1. The second kappa shape index (κ2) is 23.7. The van der Waals surface area contributed by atoms with Crippen molar-refractivity contribution >= 4 is 56.3 Å². The Balaban J connectivity index is 0.780. The highest BCUT2D eigenvalue weighted by atomic mass is 35.5. The molecule has 67 heavy (non-hydrogen) atoms. The number of likely N-dealkylation sites (tertiary alicyclic amines) is 1. The van der Waals surface area contributed by atoms with Crippen LogP contribution in [-0.2, 0) is 42.9 Å². The van der Waals surface area contributed by atoms with Gasteiger partial charge in [-0.1, -0.05) is 17.5 Å². The van der Waals surface area contributed by atoms with Crippen molar-refractivity contribution < 1.29 is 31.9 Å². The molecular formula is C47H67ClFN11O6S. The molecule has 0 unspecified atom stereocenters. The van der Waals surface area contributed by atoms with Crippen molar-refractivity contribution in [2.45, 2.75) is 76.5 Å². The number of sulfonamides is 1. The normalized spacial score (nSPS) is 18.9. The van der Waals surface area contributed by atoms with Crippen LogP contribution >= 0.6 is 11.6 Å². The number of carbonyl (C=O) groups is 3. The third-order valence-corrected chi connectivity index (χ3v) is 15.2. The SMILES string of the molecule is C#CCN1CCN(CCCN2CCN(CCCNC(=O)CCS(=O)(=O)NC[C@@H](C)OC(=O)N3CCC4(CC3)C(=O)N(Cc3nc5cc(Cl)ccc5n3CCCCF)c3cnccc34)CC2)CC1. The smallest absolute Gasteiger partial charge is 0.410 e. The van der Waals surface area contributed by atoms with E-state index < -0.39 is 34.3 Å². The summed E-state index contributed by atoms with van der Waals surface area (Å²) in [6, 6.07) is 7.32. The van der Waals surface area contributed by atoms with Gasteiger partial charge in [0.2, 0.25) is 21.8 Å². The maximum absolute atomic E-state index is 14.5. The zero-order valence-corrected chi connectivity index (χ0v) is 40.4. The molecule has 4 aliphatic rings. The molecule has 3 aromatic rings. The second-order valence-electron chi connectivity index (χ2n) is 18.2. The Kier molecular flexibility index (Phi) is 17.9. The molecule has 4 aliphatic heterocycles. The van der Waals surface area contributed by atoms with E-state index >= 15 is 0 Å². The highest BCUT2D eigenvalue weighted by molar-refractivity contribution is 7.89. The number of piperidine rings is 1. The third-order valence-electron chi connectivity index (χ3n) is 13.6. The number of rotatable bonds is 22. The van der Waals surface area contributed by atoms with Gasteiger partial charge in [0.15, 0.2) is 0 Å². The standard InChI is InChI=1S/C47H67ClFN11O6S/c1-3-17-54-24-26-56(27-25-54)19-7-20-57-30-28-55(29-31-57)18-6-15-51-44(61)11-32-67(64,65)52-34-37(2)66-46(63)58-22-12-47(13-23-58)39-10-16-50-35-42(39)60(45(47)62)36-43-53-40-33-38(48)8-9-41(40)59(43)21-5-4-14-49/h1,8-10,16,33,35,37,52H,4-7,11-15,17-32,34,36H2,2H3,(H,51,61)/t37-/m1/s1. The van der Waals surface area contributed by atoms with E-state index in [-0.39, 0.29) is 50.2 Å². The number of nitrogens with zero attached hydrogens (tertiary/aromatic N) is 9. The van der Waals surface area contributed by atoms with Crippen LogP contribution in [0.4, 0.5) is 14.9 Å². The molecule has 2 N–H and O–H groups in total. The van der Waals surface area contributed by atoms with Crippen LogP contribution in [-0.4, -0.2) is 189 Å². The van der Waals surface area contributed by atoms with Gasteiger partial charge in [0, 0.05) is 103 Å². The van der Waals surface area contributed by atoms with E-state index in [0.717, 1.165) is 102 Å². The molecule has 7 rings (SSSR count). The van der Waals surface area contributed by atoms with Gasteiger partial charge in [-0.25, -0.2) is 22.9 Å². The van der Waals surface area contributed by atoms with Gasteiger partial charge in [-0.3, -0.25) is 23.9 Å². The fraction of sp³-hybridized carbons (Fsp3) is 0.638. The van der Waals surface area contributed by atoms with Gasteiger partial charge in [-0.15, -0.1) is 6.42 Å². The molecular weight excluding hydrogens is 901 g/mol. The Morgan fingerprint density at radius 3 is 2.27 bits per heavy atom. The van der Waals surface area contributed by atoms with E-state index in [0.29, 0.717) is 60.8 Å². The lowest BCUT2D eigenvalue weighted by Crippen LogP contribution is -2.50. The van der Waals surface area contributed by atoms with Gasteiger partial charge in [0.25, 0.3) is 0 Å². The van der Waals surface area contributed by atoms with Crippen molar-refractivity contribution in [3.63, 3.8) is 0 Å². The molecule has 366 valence electrons. The summed E-state index contributed by atoms with van der Waals surface area (Å²) in [7, 11) is -3.81. The molecule has 17 nitrogen and oxygen atoms in total. The predicted molar refractivity (Wildman–Crippen MR) is 257 cm³/mol. The molecule has 1 aromatic carbocycles. The van der Waals surface area contributed by atoms with Crippen LogP contribution in [0.2, 0.25) is 5.02 Å². The number of hydrogen-bond donors (Lipinski definition) is 2. The van der Waals surface area contributed by atoms with E-state index in [1.807, 2.05) is 16.7 Å². The van der Waals surface area contributed by atoms with Crippen LogP contribution < -0.4 is 14.9 Å². The monoisotopic (exact) mass is 967 g/mol. The number of imidazole rings is 1. The highest BCUT2D eigenvalue weighted by Crippen LogP contribution is 2.48. The number of unbranched alkanes of at least 4 members (excludes halogenated alkanes) is 1. The number of amides is 3. The first kappa shape index (κ1) is 50.5. The van der Waals surface area contributed by atoms with Crippen LogP contribution in [0.15, 0.2) is 36.7 Å². The molecule has 3 amide bonds. The van der Waals surface area contributed by atoms with Gasteiger partial charge >= 0.3 is 6.09 Å². The number of aromatic nitrogens is 3. The third kappa shape index (κ3) is 13.2. The first-order chi connectivity index (χ1) is 32.4. The number of halogens is 2. The van der Waals surface area contributed by atoms with Crippen molar-refractivity contribution in [2.24, 2.45) is 0 Å². The van der Waals surface area contributed by atoms with E-state index in [4.69, 9.17) is 27.7 Å². The number of benzene rings is 1. The molecule has 0 saturated carbocycles. The first-order valence-corrected chi connectivity index (χ1v) is 25.9. The summed E-state index contributed by atoms with van der Waals surface area (Å²) in [4.78, 5) is 62.6. The summed E-state index contributed by atoms with van der Waals surface area (Å²) in [5.41, 5.74) is 2.20. The van der Waals surface area contributed by atoms with Gasteiger partial charge in [-0.05, 0) is 94.9 Å². The number of piperazine rings is 2. The van der Waals surface area contributed by atoms with Crippen LogP contribution in [0.25, 0.3) is 11.0 Å². The van der Waals surface area contributed by atoms with Crippen LogP contribution in [0, 0.1) is 12.3 Å². The van der Waals surface area contributed by atoms with Crippen LogP contribution in [0.1, 0.15) is 63.3 Å². The predicted octanol–water partition coefficient (Wildman–Crippen LogP) is 3.31. The minimum atomic E-state index is -3.81. The van der Waals surface area contributed by atoms with Crippen molar-refractivity contribution in [1.82, 2.24) is 49.1 Å². The Hall–Kier alpha value is -4.42. The highest BCUT2D eigenvalue weighted by Gasteiger charge is 2.53. The zero-order chi connectivity index (χ0) is 47.4. The van der Waals surface area contributed by atoms with Gasteiger partial charge in [0.1, 0.15) is 11.9 Å². The number of anilines is 1. The molecule has 2 aromatic heterocycles. The summed E-state index contributed by atoms with van der Waals surface area (Å²) in [6.45, 7) is 14.9. The Morgan fingerprint density at radius 2 is 1.60 bits per heavy atom. The van der Waals surface area contributed by atoms with Crippen molar-refractivity contribution in [3.8, 4) is 12.3 Å². The average Bonchev–Trinajstić information content (AvgIpc) is 3.77. The van der Waals surface area contributed by atoms with Gasteiger partial charge in [-0.2, -0.15) is 0 Å². The number of carbonyl (C=O) groups excluding carboxylic acids is 3. The molecule has 0 aliphatic carbocycles. The Morgan fingerprint density at radius 1 is 0.925 bits per heavy atom. The van der Waals surface area contributed by atoms with E-state index in [9.17, 15) is 27.2 Å². The molecule has 3 saturated heterocycles. The number of pyridine rings is 1. The molecule has 1 spiro atoms. The fourth-order valence-electron chi connectivity index (χ4n) is 9.73. The van der Waals surface area contributed by atoms with E-state index in [1.54, 1.807) is 41.2 Å². The average molecular weight is 969 g/mol. The van der Waals surface area contributed by atoms with Crippen LogP contribution in [0.3, 0.4) is 0 Å². The maximum atomic E-state index is 14.5. The number of nitrogens with one attached hydrogen (secondary N) is 2. The minimum absolute atomic E-state index is 0.102. The lowest BCUT2D eigenvalue weighted by atomic mass is 9.74. The van der Waals surface area contributed by atoms with E-state index in [1.165, 1.54) is 0 Å². The lowest BCUT2D eigenvalue weighted by molar-refractivity contribution is -0.125. The molecule has 20 heteroatoms. The zero-order valence-electron chi connectivity index (χ0n) is 38.8. The number of aryl methyl sites for hydroxylation is 1. The number of hydrogen-bond acceptors (Lipinski definition) is 12. The van der Waals surface area contributed by atoms with Crippen molar-refractivity contribution in [1.29, 1.82) is 0 Å². The summed E-state index contributed by atoms with van der Waals surface area (Å²) in [5, 5.41) is 3.39. The minimum Gasteiger partial charge on any atom is -0.445 e. The second-order valence-corrected chi connectivity index (χ2v) is 20.6. The summed E-state index contributed by atoms with van der Waals surface area (Å²) < 4.78 is 48.8. The molecule has 0 radical (unpaired) electrons. The van der Waals surface area contributed by atoms with Crippen molar-refractivity contribution in [3.05, 3.63) is 53.1 Å². The van der Waals surface area contributed by atoms with E-state index in [2.05, 4.69) is 40.5 Å². The lowest BCUT2D eigenvalue weighted by Gasteiger charge is -2.38.